The van der Waals surface area contributed by atoms with Crippen molar-refractivity contribution in [2.24, 2.45) is 7.05 Å². The molecule has 0 amide bonds. The van der Waals surface area contributed by atoms with Crippen LogP contribution in [0, 0.1) is 0 Å². The SMILES string of the molecule is CN(C)c1nc2c(n1C)CCNC2. The fourth-order valence-electron chi connectivity index (χ4n) is 1.84. The third-order valence-electron chi connectivity index (χ3n) is 2.50. The maximum atomic E-state index is 4.58. The number of nitrogens with zero attached hydrogens (tertiary/aromatic N) is 3. The highest BCUT2D eigenvalue weighted by Gasteiger charge is 2.17. The lowest BCUT2D eigenvalue weighted by molar-refractivity contribution is 0.612. The summed E-state index contributed by atoms with van der Waals surface area (Å²) in [5.74, 6) is 1.05. The molecule has 0 bridgehead atoms. The third kappa shape index (κ3) is 1.31. The van der Waals surface area contributed by atoms with E-state index in [1.54, 1.807) is 0 Å². The van der Waals surface area contributed by atoms with Gasteiger partial charge >= 0.3 is 0 Å². The Balaban J connectivity index is 2.44. The monoisotopic (exact) mass is 180 g/mol. The molecule has 0 atom stereocenters. The lowest BCUT2D eigenvalue weighted by atomic mass is 10.2. The van der Waals surface area contributed by atoms with Crippen LogP contribution in [0.3, 0.4) is 0 Å². The van der Waals surface area contributed by atoms with Gasteiger partial charge in [0.25, 0.3) is 0 Å². The van der Waals surface area contributed by atoms with Gasteiger partial charge in [0.1, 0.15) is 0 Å². The molecule has 0 fully saturated rings. The molecular formula is C9H16N4. The van der Waals surface area contributed by atoms with Crippen molar-refractivity contribution < 1.29 is 0 Å². The van der Waals surface area contributed by atoms with Gasteiger partial charge in [-0.3, -0.25) is 0 Å². The van der Waals surface area contributed by atoms with Crippen LogP contribution in [-0.2, 0) is 20.0 Å². The first-order valence-corrected chi connectivity index (χ1v) is 4.62. The molecule has 1 aromatic rings. The topological polar surface area (TPSA) is 33.1 Å². The van der Waals surface area contributed by atoms with Crippen molar-refractivity contribution in [3.63, 3.8) is 0 Å². The summed E-state index contributed by atoms with van der Waals surface area (Å²) in [6.45, 7) is 1.98. The predicted octanol–water partition coefficient (Wildman–Crippen LogP) is 0.132. The molecule has 0 saturated heterocycles. The summed E-state index contributed by atoms with van der Waals surface area (Å²) in [5, 5.41) is 3.33. The Kier molecular flexibility index (Phi) is 2.00. The molecule has 1 aromatic heterocycles. The van der Waals surface area contributed by atoms with E-state index in [1.807, 2.05) is 14.1 Å². The molecule has 1 aliphatic heterocycles. The summed E-state index contributed by atoms with van der Waals surface area (Å²) in [7, 11) is 6.15. The number of imidazole rings is 1. The van der Waals surface area contributed by atoms with Crippen LogP contribution in [0.5, 0.6) is 0 Å². The van der Waals surface area contributed by atoms with Gasteiger partial charge in [-0.25, -0.2) is 4.98 Å². The van der Waals surface area contributed by atoms with Crippen LogP contribution in [0.1, 0.15) is 11.4 Å². The number of nitrogens with one attached hydrogen (secondary N) is 1. The van der Waals surface area contributed by atoms with Gasteiger partial charge in [0.05, 0.1) is 5.69 Å². The second kappa shape index (κ2) is 3.03. The molecule has 13 heavy (non-hydrogen) atoms. The molecule has 2 heterocycles. The average Bonchev–Trinajstić information content (AvgIpc) is 2.45. The van der Waals surface area contributed by atoms with Gasteiger partial charge in [0.2, 0.25) is 5.95 Å². The Bertz CT molecular complexity index is 314. The summed E-state index contributed by atoms with van der Waals surface area (Å²) >= 11 is 0. The van der Waals surface area contributed by atoms with E-state index in [-0.39, 0.29) is 0 Å². The largest absolute Gasteiger partial charge is 0.348 e. The Morgan fingerprint density at radius 3 is 2.85 bits per heavy atom. The summed E-state index contributed by atoms with van der Waals surface area (Å²) in [5.41, 5.74) is 2.58. The lowest BCUT2D eigenvalue weighted by Gasteiger charge is -2.14. The van der Waals surface area contributed by atoms with Crippen molar-refractivity contribution in [3.05, 3.63) is 11.4 Å². The average molecular weight is 180 g/mol. The predicted molar refractivity (Wildman–Crippen MR) is 52.9 cm³/mol. The van der Waals surface area contributed by atoms with E-state index in [0.29, 0.717) is 0 Å². The van der Waals surface area contributed by atoms with Crippen LogP contribution in [0.15, 0.2) is 0 Å². The first-order chi connectivity index (χ1) is 6.20. The van der Waals surface area contributed by atoms with E-state index < -0.39 is 0 Å². The summed E-state index contributed by atoms with van der Waals surface area (Å²) in [4.78, 5) is 6.63. The molecule has 0 radical (unpaired) electrons. The number of hydrogen-bond acceptors (Lipinski definition) is 3. The number of rotatable bonds is 1. The van der Waals surface area contributed by atoms with Crippen molar-refractivity contribution >= 4 is 5.95 Å². The Hall–Kier alpha value is -1.03. The highest BCUT2D eigenvalue weighted by atomic mass is 15.3. The fourth-order valence-corrected chi connectivity index (χ4v) is 1.84. The Morgan fingerprint density at radius 2 is 2.23 bits per heavy atom. The minimum Gasteiger partial charge on any atom is -0.348 e. The van der Waals surface area contributed by atoms with E-state index in [4.69, 9.17) is 0 Å². The number of anilines is 1. The van der Waals surface area contributed by atoms with E-state index in [2.05, 4.69) is 26.8 Å². The zero-order valence-electron chi connectivity index (χ0n) is 8.46. The first kappa shape index (κ1) is 8.56. The van der Waals surface area contributed by atoms with Crippen LogP contribution in [0.25, 0.3) is 0 Å². The molecule has 0 aliphatic carbocycles. The summed E-state index contributed by atoms with van der Waals surface area (Å²) < 4.78 is 2.19. The summed E-state index contributed by atoms with van der Waals surface area (Å²) in [6.07, 6.45) is 1.09. The van der Waals surface area contributed by atoms with Gasteiger partial charge < -0.3 is 14.8 Å². The zero-order chi connectivity index (χ0) is 9.42. The van der Waals surface area contributed by atoms with Gasteiger partial charge in [0, 0.05) is 46.3 Å². The maximum absolute atomic E-state index is 4.58. The van der Waals surface area contributed by atoms with Crippen molar-refractivity contribution in [1.82, 2.24) is 14.9 Å². The smallest absolute Gasteiger partial charge is 0.205 e. The van der Waals surface area contributed by atoms with Crippen LogP contribution in [0.2, 0.25) is 0 Å². The normalized spacial score (nSPS) is 15.6. The van der Waals surface area contributed by atoms with Gasteiger partial charge in [0.15, 0.2) is 0 Å². The molecule has 4 heteroatoms. The van der Waals surface area contributed by atoms with Crippen molar-refractivity contribution in [2.45, 2.75) is 13.0 Å². The highest BCUT2D eigenvalue weighted by Crippen LogP contribution is 2.18. The molecule has 0 spiro atoms. The molecule has 2 rings (SSSR count). The molecule has 0 aromatic carbocycles. The quantitative estimate of drug-likeness (QED) is 0.667. The molecule has 0 unspecified atom stereocenters. The number of aromatic nitrogens is 2. The highest BCUT2D eigenvalue weighted by molar-refractivity contribution is 5.36. The van der Waals surface area contributed by atoms with E-state index in [0.717, 1.165) is 25.5 Å². The summed E-state index contributed by atoms with van der Waals surface area (Å²) in [6, 6.07) is 0. The zero-order valence-corrected chi connectivity index (χ0v) is 8.46. The third-order valence-corrected chi connectivity index (χ3v) is 2.50. The number of fused-ring (bicyclic) bond motifs is 1. The number of hydrogen-bond donors (Lipinski definition) is 1. The van der Waals surface area contributed by atoms with Crippen LogP contribution >= 0.6 is 0 Å². The maximum Gasteiger partial charge on any atom is 0.205 e. The standard InChI is InChI=1S/C9H16N4/c1-12(2)9-11-7-6-10-5-4-8(7)13(9)3/h10H,4-6H2,1-3H3. The van der Waals surface area contributed by atoms with Crippen LogP contribution < -0.4 is 10.2 Å². The Morgan fingerprint density at radius 1 is 1.46 bits per heavy atom. The molecule has 1 N–H and O–H groups in total. The van der Waals surface area contributed by atoms with Crippen LogP contribution in [-0.4, -0.2) is 30.2 Å². The fraction of sp³-hybridized carbons (Fsp3) is 0.667. The minimum absolute atomic E-state index is 0.914. The van der Waals surface area contributed by atoms with Crippen molar-refractivity contribution in [3.8, 4) is 0 Å². The molecule has 72 valence electrons. The van der Waals surface area contributed by atoms with E-state index in [9.17, 15) is 0 Å². The van der Waals surface area contributed by atoms with Crippen LogP contribution in [0.4, 0.5) is 5.95 Å². The molecule has 1 aliphatic rings. The first-order valence-electron chi connectivity index (χ1n) is 4.62. The molecule has 4 nitrogen and oxygen atoms in total. The van der Waals surface area contributed by atoms with Crippen molar-refractivity contribution in [1.29, 1.82) is 0 Å². The molecule has 0 saturated carbocycles. The lowest BCUT2D eigenvalue weighted by Crippen LogP contribution is -2.24. The van der Waals surface area contributed by atoms with E-state index in [1.165, 1.54) is 11.4 Å². The van der Waals surface area contributed by atoms with Gasteiger partial charge in [-0.1, -0.05) is 0 Å². The van der Waals surface area contributed by atoms with Gasteiger partial charge in [-0.05, 0) is 0 Å². The van der Waals surface area contributed by atoms with Crippen molar-refractivity contribution in [2.75, 3.05) is 25.5 Å². The Labute approximate surface area is 78.6 Å². The molecular weight excluding hydrogens is 164 g/mol. The second-order valence-corrected chi connectivity index (χ2v) is 3.69. The minimum atomic E-state index is 0.914. The second-order valence-electron chi connectivity index (χ2n) is 3.69. The van der Waals surface area contributed by atoms with E-state index >= 15 is 0 Å². The van der Waals surface area contributed by atoms with Gasteiger partial charge in [-0.2, -0.15) is 0 Å². The van der Waals surface area contributed by atoms with Gasteiger partial charge in [-0.15, -0.1) is 0 Å².